The number of aliphatic hydroxyl groups excluding tert-OH is 1. The van der Waals surface area contributed by atoms with Crippen molar-refractivity contribution in [2.45, 2.75) is 32.1 Å². The molecule has 0 saturated heterocycles. The highest BCUT2D eigenvalue weighted by atomic mass is 16.3. The molecule has 0 aromatic heterocycles. The summed E-state index contributed by atoms with van der Waals surface area (Å²) in [6.07, 6.45) is 1.06. The second-order valence-corrected chi connectivity index (χ2v) is 5.06. The summed E-state index contributed by atoms with van der Waals surface area (Å²) in [4.78, 5) is 2.30. The molecule has 0 radical (unpaired) electrons. The first-order valence-electron chi connectivity index (χ1n) is 6.09. The van der Waals surface area contributed by atoms with Gasteiger partial charge in [-0.05, 0) is 29.5 Å². The maximum Gasteiger partial charge on any atom is 0.0501 e. The molecular formula is C14H21NO. The molecule has 1 unspecified atom stereocenters. The molecule has 1 heterocycles. The molecular weight excluding hydrogens is 198 g/mol. The van der Waals surface area contributed by atoms with Crippen LogP contribution in [0.4, 0.5) is 5.69 Å². The number of fused-ring (bicyclic) bond motifs is 1. The number of hydrogen-bond donors (Lipinski definition) is 1. The van der Waals surface area contributed by atoms with Crippen molar-refractivity contribution in [2.75, 3.05) is 25.1 Å². The van der Waals surface area contributed by atoms with Crippen molar-refractivity contribution in [3.63, 3.8) is 0 Å². The van der Waals surface area contributed by atoms with E-state index >= 15 is 0 Å². The van der Waals surface area contributed by atoms with E-state index in [1.165, 1.54) is 16.8 Å². The Morgan fingerprint density at radius 3 is 2.81 bits per heavy atom. The van der Waals surface area contributed by atoms with Crippen LogP contribution in [0.1, 0.15) is 43.2 Å². The van der Waals surface area contributed by atoms with Gasteiger partial charge in [0.25, 0.3) is 0 Å². The fourth-order valence-electron chi connectivity index (χ4n) is 2.41. The van der Waals surface area contributed by atoms with Gasteiger partial charge in [-0.3, -0.25) is 0 Å². The Labute approximate surface area is 97.9 Å². The minimum absolute atomic E-state index is 0.266. The van der Waals surface area contributed by atoms with Crippen molar-refractivity contribution < 1.29 is 5.11 Å². The summed E-state index contributed by atoms with van der Waals surface area (Å²) in [5.74, 6) is 0.889. The van der Waals surface area contributed by atoms with Crippen molar-refractivity contribution in [1.29, 1.82) is 0 Å². The van der Waals surface area contributed by atoms with Crippen molar-refractivity contribution in [3.8, 4) is 0 Å². The van der Waals surface area contributed by atoms with Crippen LogP contribution < -0.4 is 4.90 Å². The summed E-state index contributed by atoms with van der Waals surface area (Å²) in [5, 5.41) is 9.38. The molecule has 0 aliphatic carbocycles. The van der Waals surface area contributed by atoms with Crippen LogP contribution in [0.15, 0.2) is 18.2 Å². The summed E-state index contributed by atoms with van der Waals surface area (Å²) in [5.41, 5.74) is 3.99. The number of rotatable bonds is 2. The molecule has 0 bridgehead atoms. The Morgan fingerprint density at radius 2 is 2.19 bits per heavy atom. The Morgan fingerprint density at radius 1 is 1.44 bits per heavy atom. The SMILES string of the molecule is CC(C)c1ccc2c(c1)N(C)CCC2CO. The van der Waals surface area contributed by atoms with Crippen molar-refractivity contribution in [1.82, 2.24) is 0 Å². The average Bonchev–Trinajstić information content (AvgIpc) is 2.29. The van der Waals surface area contributed by atoms with Crippen molar-refractivity contribution >= 4 is 5.69 Å². The van der Waals surface area contributed by atoms with Gasteiger partial charge in [0.2, 0.25) is 0 Å². The van der Waals surface area contributed by atoms with Crippen LogP contribution in [-0.2, 0) is 0 Å². The highest BCUT2D eigenvalue weighted by Gasteiger charge is 2.22. The van der Waals surface area contributed by atoms with Gasteiger partial charge in [-0.25, -0.2) is 0 Å². The first-order valence-corrected chi connectivity index (χ1v) is 6.09. The molecule has 1 atom stereocenters. The lowest BCUT2D eigenvalue weighted by atomic mass is 9.88. The van der Waals surface area contributed by atoms with Gasteiger partial charge in [-0.2, -0.15) is 0 Å². The van der Waals surface area contributed by atoms with E-state index < -0.39 is 0 Å². The lowest BCUT2D eigenvalue weighted by molar-refractivity contribution is 0.257. The Hall–Kier alpha value is -1.02. The fraction of sp³-hybridized carbons (Fsp3) is 0.571. The quantitative estimate of drug-likeness (QED) is 0.826. The van der Waals surface area contributed by atoms with Gasteiger partial charge in [-0.1, -0.05) is 26.0 Å². The monoisotopic (exact) mass is 219 g/mol. The molecule has 0 saturated carbocycles. The molecule has 0 amide bonds. The second-order valence-electron chi connectivity index (χ2n) is 5.06. The summed E-state index contributed by atoms with van der Waals surface area (Å²) >= 11 is 0. The second kappa shape index (κ2) is 4.46. The summed E-state index contributed by atoms with van der Waals surface area (Å²) in [6.45, 7) is 5.74. The highest BCUT2D eigenvalue weighted by molar-refractivity contribution is 5.58. The topological polar surface area (TPSA) is 23.5 Å². The zero-order valence-electron chi connectivity index (χ0n) is 10.4. The van der Waals surface area contributed by atoms with Crippen molar-refractivity contribution in [3.05, 3.63) is 29.3 Å². The Bertz CT molecular complexity index is 373. The van der Waals surface area contributed by atoms with Gasteiger partial charge in [0.05, 0.1) is 6.61 Å². The average molecular weight is 219 g/mol. The number of anilines is 1. The number of benzene rings is 1. The van der Waals surface area contributed by atoms with Gasteiger partial charge >= 0.3 is 0 Å². The molecule has 0 spiro atoms. The molecule has 1 aromatic rings. The minimum Gasteiger partial charge on any atom is -0.396 e. The molecule has 16 heavy (non-hydrogen) atoms. The largest absolute Gasteiger partial charge is 0.396 e. The number of hydrogen-bond acceptors (Lipinski definition) is 2. The summed E-state index contributed by atoms with van der Waals surface area (Å²) in [7, 11) is 2.14. The predicted octanol–water partition coefficient (Wildman–Crippen LogP) is 2.73. The lowest BCUT2D eigenvalue weighted by Gasteiger charge is -2.33. The zero-order valence-corrected chi connectivity index (χ0v) is 10.4. The van der Waals surface area contributed by atoms with Gasteiger partial charge < -0.3 is 10.0 Å². The van der Waals surface area contributed by atoms with Crippen LogP contribution in [0, 0.1) is 0 Å². The van der Waals surface area contributed by atoms with Crippen LogP contribution in [0.3, 0.4) is 0 Å². The number of aliphatic hydroxyl groups is 1. The first-order chi connectivity index (χ1) is 7.63. The third-order valence-corrected chi connectivity index (χ3v) is 3.61. The van der Waals surface area contributed by atoms with Crippen LogP contribution >= 0.6 is 0 Å². The molecule has 1 N–H and O–H groups in total. The normalized spacial score (nSPS) is 20.1. The Kier molecular flexibility index (Phi) is 3.20. The Balaban J connectivity index is 2.43. The van der Waals surface area contributed by atoms with Gasteiger partial charge in [0.1, 0.15) is 0 Å². The third-order valence-electron chi connectivity index (χ3n) is 3.61. The fourth-order valence-corrected chi connectivity index (χ4v) is 2.41. The predicted molar refractivity (Wildman–Crippen MR) is 68.2 cm³/mol. The molecule has 1 aliphatic rings. The maximum atomic E-state index is 9.38. The highest BCUT2D eigenvalue weighted by Crippen LogP contribution is 2.36. The van der Waals surface area contributed by atoms with E-state index in [4.69, 9.17) is 0 Å². The van der Waals surface area contributed by atoms with Crippen LogP contribution in [0.2, 0.25) is 0 Å². The summed E-state index contributed by atoms with van der Waals surface area (Å²) in [6, 6.07) is 6.67. The smallest absolute Gasteiger partial charge is 0.0501 e. The molecule has 2 nitrogen and oxygen atoms in total. The van der Waals surface area contributed by atoms with E-state index in [0.717, 1.165) is 13.0 Å². The van der Waals surface area contributed by atoms with E-state index in [1.54, 1.807) is 0 Å². The van der Waals surface area contributed by atoms with E-state index in [0.29, 0.717) is 11.8 Å². The number of nitrogens with zero attached hydrogens (tertiary/aromatic N) is 1. The minimum atomic E-state index is 0.266. The molecule has 2 heteroatoms. The molecule has 1 aromatic carbocycles. The van der Waals surface area contributed by atoms with Crippen LogP contribution in [0.25, 0.3) is 0 Å². The van der Waals surface area contributed by atoms with Gasteiger partial charge in [0, 0.05) is 25.2 Å². The third kappa shape index (κ3) is 1.94. The van der Waals surface area contributed by atoms with E-state index in [-0.39, 0.29) is 6.61 Å². The van der Waals surface area contributed by atoms with Crippen molar-refractivity contribution in [2.24, 2.45) is 0 Å². The summed E-state index contributed by atoms with van der Waals surface area (Å²) < 4.78 is 0. The van der Waals surface area contributed by atoms with Crippen LogP contribution in [-0.4, -0.2) is 25.3 Å². The van der Waals surface area contributed by atoms with Gasteiger partial charge in [0.15, 0.2) is 0 Å². The maximum absolute atomic E-state index is 9.38. The molecule has 2 rings (SSSR count). The van der Waals surface area contributed by atoms with E-state index in [2.05, 4.69) is 44.0 Å². The molecule has 88 valence electrons. The van der Waals surface area contributed by atoms with E-state index in [1.807, 2.05) is 0 Å². The van der Waals surface area contributed by atoms with E-state index in [9.17, 15) is 5.11 Å². The zero-order chi connectivity index (χ0) is 11.7. The lowest BCUT2D eigenvalue weighted by Crippen LogP contribution is -2.28. The van der Waals surface area contributed by atoms with Gasteiger partial charge in [-0.15, -0.1) is 0 Å². The first kappa shape index (κ1) is 11.5. The van der Waals surface area contributed by atoms with Crippen LogP contribution in [0.5, 0.6) is 0 Å². The molecule has 1 aliphatic heterocycles. The molecule has 0 fully saturated rings. The standard InChI is InChI=1S/C14H21NO/c1-10(2)11-4-5-13-12(9-16)6-7-15(3)14(13)8-11/h4-5,8,10,12,16H,6-7,9H2,1-3H3.